The highest BCUT2D eigenvalue weighted by atomic mass is 16.3. The lowest BCUT2D eigenvalue weighted by atomic mass is 10.3. The van der Waals surface area contributed by atoms with E-state index in [0.29, 0.717) is 5.69 Å². The van der Waals surface area contributed by atoms with Crippen molar-refractivity contribution in [1.29, 1.82) is 0 Å². The van der Waals surface area contributed by atoms with Gasteiger partial charge in [0.05, 0.1) is 31.5 Å². The minimum absolute atomic E-state index is 0.0388. The highest BCUT2D eigenvalue weighted by molar-refractivity contribution is 6.14. The fraction of sp³-hybridized carbons (Fsp3) is 0.273. The molecule has 0 bridgehead atoms. The molecule has 3 rings (SSSR count). The molecular weight excluding hydrogens is 264 g/mol. The van der Waals surface area contributed by atoms with Crippen LogP contribution < -0.4 is 10.6 Å². The molecule has 9 nitrogen and oxygen atoms in total. The molecule has 2 aromatic heterocycles. The van der Waals surface area contributed by atoms with E-state index in [2.05, 4.69) is 19.9 Å². The number of hydrogen-bond donors (Lipinski definition) is 2. The second-order valence-corrected chi connectivity index (χ2v) is 4.30. The van der Waals surface area contributed by atoms with Gasteiger partial charge in [-0.25, -0.2) is 9.97 Å². The molecule has 0 unspecified atom stereocenters. The number of carbonyl (C=O) groups excluding carboxylic acids is 2. The van der Waals surface area contributed by atoms with Crippen molar-refractivity contribution in [2.24, 2.45) is 0 Å². The molecule has 0 radical (unpaired) electrons. The number of amides is 1. The summed E-state index contributed by atoms with van der Waals surface area (Å²) in [6.07, 6.45) is 1.20. The van der Waals surface area contributed by atoms with Gasteiger partial charge in [-0.15, -0.1) is 0 Å². The van der Waals surface area contributed by atoms with Crippen molar-refractivity contribution in [1.82, 2.24) is 19.9 Å². The summed E-state index contributed by atoms with van der Waals surface area (Å²) in [6, 6.07) is 0. The molecule has 0 atom stereocenters. The average molecular weight is 274 g/mol. The molecule has 3 N–H and O–H groups in total. The molecule has 102 valence electrons. The Balaban J connectivity index is 2.10. The summed E-state index contributed by atoms with van der Waals surface area (Å²) in [7, 11) is 0. The highest BCUT2D eigenvalue weighted by Gasteiger charge is 2.31. The molecule has 1 aliphatic rings. The third kappa shape index (κ3) is 1.93. The first kappa shape index (κ1) is 12.4. The van der Waals surface area contributed by atoms with Crippen LogP contribution in [0.2, 0.25) is 0 Å². The molecule has 3 heterocycles. The van der Waals surface area contributed by atoms with Crippen LogP contribution in [0.3, 0.4) is 0 Å². The van der Waals surface area contributed by atoms with Crippen molar-refractivity contribution in [2.45, 2.75) is 13.0 Å². The number of rotatable bonds is 2. The van der Waals surface area contributed by atoms with E-state index in [1.807, 2.05) is 0 Å². The van der Waals surface area contributed by atoms with E-state index in [1.165, 1.54) is 11.1 Å². The van der Waals surface area contributed by atoms with Crippen molar-refractivity contribution in [3.8, 4) is 0 Å². The Kier molecular flexibility index (Phi) is 2.75. The second-order valence-electron chi connectivity index (χ2n) is 4.30. The van der Waals surface area contributed by atoms with Gasteiger partial charge in [-0.05, 0) is 0 Å². The number of nitrogens with two attached hydrogens (primary N) is 1. The van der Waals surface area contributed by atoms with Crippen LogP contribution in [0, 0.1) is 0 Å². The van der Waals surface area contributed by atoms with Crippen LogP contribution in [-0.4, -0.2) is 43.3 Å². The van der Waals surface area contributed by atoms with Gasteiger partial charge in [-0.2, -0.15) is 9.97 Å². The molecular formula is C11H10N6O3. The van der Waals surface area contributed by atoms with Gasteiger partial charge in [-0.1, -0.05) is 0 Å². The molecule has 1 fully saturated rings. The quantitative estimate of drug-likeness (QED) is 0.652. The van der Waals surface area contributed by atoms with Gasteiger partial charge in [0.2, 0.25) is 11.9 Å². The summed E-state index contributed by atoms with van der Waals surface area (Å²) in [4.78, 5) is 40.2. The van der Waals surface area contributed by atoms with Crippen LogP contribution in [0.5, 0.6) is 0 Å². The molecule has 0 aromatic carbocycles. The number of ketones is 1. The van der Waals surface area contributed by atoms with Crippen molar-refractivity contribution >= 4 is 34.6 Å². The molecule has 9 heteroatoms. The predicted molar refractivity (Wildman–Crippen MR) is 67.4 cm³/mol. The van der Waals surface area contributed by atoms with Gasteiger partial charge in [0, 0.05) is 0 Å². The van der Waals surface area contributed by atoms with Crippen molar-refractivity contribution in [3.63, 3.8) is 0 Å². The maximum absolute atomic E-state index is 11.6. The number of Topliss-reactive ketones (excluding diaryl/α,β-unsaturated/α-hetero) is 1. The smallest absolute Gasteiger partial charge is 0.237 e. The van der Waals surface area contributed by atoms with Crippen molar-refractivity contribution in [2.75, 3.05) is 17.2 Å². The molecule has 0 saturated carbocycles. The topological polar surface area (TPSA) is 135 Å². The Hall–Kier alpha value is -2.68. The standard InChI is InChI=1S/C11H10N6O3/c12-9-8-10(13-2-5(4-18)14-8)16-11(15-9)17-3-6(19)1-7(17)20/h2,18H,1,3-4H2,(H2,12,13,15,16). The molecule has 0 spiro atoms. The summed E-state index contributed by atoms with van der Waals surface area (Å²) >= 11 is 0. The Morgan fingerprint density at radius 2 is 2.10 bits per heavy atom. The fourth-order valence-corrected chi connectivity index (χ4v) is 1.92. The largest absolute Gasteiger partial charge is 0.390 e. The summed E-state index contributed by atoms with van der Waals surface area (Å²) < 4.78 is 0. The number of nitrogens with zero attached hydrogens (tertiary/aromatic N) is 5. The Labute approximate surface area is 112 Å². The van der Waals surface area contributed by atoms with Crippen LogP contribution >= 0.6 is 0 Å². The lowest BCUT2D eigenvalue weighted by molar-refractivity contribution is -0.121. The third-order valence-corrected chi connectivity index (χ3v) is 2.86. The van der Waals surface area contributed by atoms with Crippen LogP contribution in [0.1, 0.15) is 12.1 Å². The number of hydrogen-bond acceptors (Lipinski definition) is 8. The summed E-state index contributed by atoms with van der Waals surface area (Å²) in [5.41, 5.74) is 6.56. The maximum Gasteiger partial charge on any atom is 0.237 e. The highest BCUT2D eigenvalue weighted by Crippen LogP contribution is 2.21. The van der Waals surface area contributed by atoms with Gasteiger partial charge in [-0.3, -0.25) is 14.5 Å². The van der Waals surface area contributed by atoms with E-state index >= 15 is 0 Å². The number of fused-ring (bicyclic) bond motifs is 1. The molecule has 1 saturated heterocycles. The van der Waals surface area contributed by atoms with Crippen LogP contribution in [-0.2, 0) is 16.2 Å². The number of aromatic nitrogens is 4. The zero-order valence-corrected chi connectivity index (χ0v) is 10.3. The lowest BCUT2D eigenvalue weighted by Crippen LogP contribution is -2.27. The monoisotopic (exact) mass is 274 g/mol. The minimum Gasteiger partial charge on any atom is -0.390 e. The van der Waals surface area contributed by atoms with E-state index in [-0.39, 0.29) is 54.2 Å². The SMILES string of the molecule is Nc1nc(N2CC(=O)CC2=O)nc2ncc(CO)nc12. The number of nitrogen functional groups attached to an aromatic ring is 1. The summed E-state index contributed by atoms with van der Waals surface area (Å²) in [5, 5.41) is 9.00. The van der Waals surface area contributed by atoms with E-state index < -0.39 is 0 Å². The molecule has 1 amide bonds. The van der Waals surface area contributed by atoms with E-state index in [4.69, 9.17) is 10.8 Å². The average Bonchev–Trinajstić information content (AvgIpc) is 2.77. The van der Waals surface area contributed by atoms with E-state index in [0.717, 1.165) is 0 Å². The van der Waals surface area contributed by atoms with Gasteiger partial charge >= 0.3 is 0 Å². The molecule has 1 aliphatic heterocycles. The summed E-state index contributed by atoms with van der Waals surface area (Å²) in [6.45, 7) is -0.338. The predicted octanol–water partition coefficient (Wildman–Crippen LogP) is -1.20. The van der Waals surface area contributed by atoms with Crippen LogP contribution in [0.4, 0.5) is 11.8 Å². The normalized spacial score (nSPS) is 15.3. The van der Waals surface area contributed by atoms with Crippen LogP contribution in [0.15, 0.2) is 6.20 Å². The lowest BCUT2D eigenvalue weighted by Gasteiger charge is -2.13. The van der Waals surface area contributed by atoms with Crippen LogP contribution in [0.25, 0.3) is 11.2 Å². The molecule has 2 aromatic rings. The number of carbonyl (C=O) groups is 2. The minimum atomic E-state index is -0.367. The zero-order valence-electron chi connectivity index (χ0n) is 10.3. The first-order valence-corrected chi connectivity index (χ1v) is 5.80. The second kappa shape index (κ2) is 4.46. The number of aliphatic hydroxyl groups is 1. The van der Waals surface area contributed by atoms with Crippen molar-refractivity contribution in [3.05, 3.63) is 11.9 Å². The fourth-order valence-electron chi connectivity index (χ4n) is 1.92. The number of aliphatic hydroxyl groups excluding tert-OH is 1. The van der Waals surface area contributed by atoms with Gasteiger partial charge in [0.25, 0.3) is 0 Å². The number of anilines is 2. The van der Waals surface area contributed by atoms with E-state index in [9.17, 15) is 9.59 Å². The Bertz CT molecular complexity index is 731. The molecule has 20 heavy (non-hydrogen) atoms. The maximum atomic E-state index is 11.6. The first-order valence-electron chi connectivity index (χ1n) is 5.80. The van der Waals surface area contributed by atoms with Gasteiger partial charge in [0.1, 0.15) is 0 Å². The molecule has 0 aliphatic carbocycles. The first-order chi connectivity index (χ1) is 9.58. The Morgan fingerprint density at radius 3 is 2.75 bits per heavy atom. The third-order valence-electron chi connectivity index (χ3n) is 2.86. The Morgan fingerprint density at radius 1 is 1.30 bits per heavy atom. The van der Waals surface area contributed by atoms with Crippen molar-refractivity contribution < 1.29 is 14.7 Å². The zero-order chi connectivity index (χ0) is 14.3. The summed E-state index contributed by atoms with van der Waals surface area (Å²) in [5.74, 6) is -0.482. The van der Waals surface area contributed by atoms with E-state index in [1.54, 1.807) is 0 Å². The van der Waals surface area contributed by atoms with Gasteiger partial charge < -0.3 is 10.8 Å². The van der Waals surface area contributed by atoms with Gasteiger partial charge in [0.15, 0.2) is 22.8 Å².